The molecule has 1 aromatic carbocycles. The van der Waals surface area contributed by atoms with Gasteiger partial charge in [0.05, 0.1) is 5.92 Å². The van der Waals surface area contributed by atoms with E-state index in [0.29, 0.717) is 5.91 Å². The second kappa shape index (κ2) is 8.81. The molecule has 4 heteroatoms. The lowest BCUT2D eigenvalue weighted by molar-refractivity contribution is -0.134. The van der Waals surface area contributed by atoms with Crippen molar-refractivity contribution in [3.05, 3.63) is 35.9 Å². The molecule has 4 nitrogen and oxygen atoms in total. The maximum atomic E-state index is 13.0. The third-order valence-corrected chi connectivity index (χ3v) is 5.95. The molecule has 25 heavy (non-hydrogen) atoms. The number of benzene rings is 1. The van der Waals surface area contributed by atoms with E-state index < -0.39 is 0 Å². The van der Waals surface area contributed by atoms with E-state index in [4.69, 9.17) is 0 Å². The molecule has 3 rings (SSSR count). The molecule has 2 saturated heterocycles. The van der Waals surface area contributed by atoms with Crippen molar-refractivity contribution in [3.63, 3.8) is 0 Å². The Morgan fingerprint density at radius 2 is 1.68 bits per heavy atom. The molecule has 2 fully saturated rings. The molecule has 0 unspecified atom stereocenters. The van der Waals surface area contributed by atoms with Crippen molar-refractivity contribution in [1.82, 2.24) is 14.7 Å². The second-order valence-electron chi connectivity index (χ2n) is 7.74. The minimum absolute atomic E-state index is 0.0235. The molecule has 0 bridgehead atoms. The van der Waals surface area contributed by atoms with E-state index in [-0.39, 0.29) is 5.92 Å². The predicted molar refractivity (Wildman–Crippen MR) is 103 cm³/mol. The average molecular weight is 344 g/mol. The van der Waals surface area contributed by atoms with E-state index in [1.807, 2.05) is 18.2 Å². The Labute approximate surface area is 152 Å². The number of carbonyl (C=O) groups is 1. The lowest BCUT2D eigenvalue weighted by atomic mass is 9.91. The van der Waals surface area contributed by atoms with Gasteiger partial charge in [-0.25, -0.2) is 0 Å². The Kier molecular flexibility index (Phi) is 6.49. The van der Waals surface area contributed by atoms with E-state index in [1.54, 1.807) is 0 Å². The maximum Gasteiger partial charge on any atom is 0.230 e. The number of nitrogens with zero attached hydrogens (tertiary/aromatic N) is 3. The standard InChI is InChI=1S/C21H33N3O/c1-3-20(19-7-5-4-6-8-19)21(25)24-11-9-18(10-12-24)17-23-15-13-22(2)14-16-23/h4-8,18,20H,3,9-17H2,1-2H3/t20-/m0/s1. The van der Waals surface area contributed by atoms with Crippen LogP contribution in [0.3, 0.4) is 0 Å². The van der Waals surface area contributed by atoms with E-state index in [0.717, 1.165) is 43.8 Å². The number of piperazine rings is 1. The maximum absolute atomic E-state index is 13.0. The van der Waals surface area contributed by atoms with Crippen LogP contribution in [0.2, 0.25) is 0 Å². The Hall–Kier alpha value is -1.39. The van der Waals surface area contributed by atoms with Gasteiger partial charge in [-0.3, -0.25) is 4.79 Å². The number of hydrogen-bond acceptors (Lipinski definition) is 3. The van der Waals surface area contributed by atoms with Gasteiger partial charge in [-0.05, 0) is 37.8 Å². The van der Waals surface area contributed by atoms with Crippen molar-refractivity contribution >= 4 is 5.91 Å². The summed E-state index contributed by atoms with van der Waals surface area (Å²) >= 11 is 0. The smallest absolute Gasteiger partial charge is 0.230 e. The summed E-state index contributed by atoms with van der Waals surface area (Å²) in [5.74, 6) is 1.10. The van der Waals surface area contributed by atoms with Crippen molar-refractivity contribution in [2.24, 2.45) is 5.92 Å². The number of carbonyl (C=O) groups excluding carboxylic acids is 1. The Morgan fingerprint density at radius 1 is 1.04 bits per heavy atom. The normalized spacial score (nSPS) is 22.1. The highest BCUT2D eigenvalue weighted by Gasteiger charge is 2.29. The van der Waals surface area contributed by atoms with E-state index >= 15 is 0 Å². The fourth-order valence-electron chi connectivity index (χ4n) is 4.19. The van der Waals surface area contributed by atoms with Gasteiger partial charge in [0.25, 0.3) is 0 Å². The summed E-state index contributed by atoms with van der Waals surface area (Å²) < 4.78 is 0. The quantitative estimate of drug-likeness (QED) is 0.822. The molecule has 1 amide bonds. The largest absolute Gasteiger partial charge is 0.342 e. The van der Waals surface area contributed by atoms with Crippen molar-refractivity contribution in [2.75, 3.05) is 52.9 Å². The number of piperidine rings is 1. The monoisotopic (exact) mass is 343 g/mol. The summed E-state index contributed by atoms with van der Waals surface area (Å²) in [6.45, 7) is 9.96. The molecule has 2 aliphatic heterocycles. The van der Waals surface area contributed by atoms with Gasteiger partial charge in [0.15, 0.2) is 0 Å². The van der Waals surface area contributed by atoms with Crippen molar-refractivity contribution < 1.29 is 4.79 Å². The minimum Gasteiger partial charge on any atom is -0.342 e. The highest BCUT2D eigenvalue weighted by molar-refractivity contribution is 5.83. The van der Waals surface area contributed by atoms with Crippen LogP contribution in [0, 0.1) is 5.92 Å². The lowest BCUT2D eigenvalue weighted by Crippen LogP contribution is -2.48. The van der Waals surface area contributed by atoms with E-state index in [2.05, 4.69) is 40.8 Å². The molecular weight excluding hydrogens is 310 g/mol. The van der Waals surface area contributed by atoms with Gasteiger partial charge in [0.2, 0.25) is 5.91 Å². The van der Waals surface area contributed by atoms with Crippen molar-refractivity contribution in [1.29, 1.82) is 0 Å². The SMILES string of the molecule is CC[C@H](C(=O)N1CCC(CN2CCN(C)CC2)CC1)c1ccccc1. The van der Waals surface area contributed by atoms with Gasteiger partial charge in [-0.2, -0.15) is 0 Å². The first-order valence-electron chi connectivity index (χ1n) is 9.92. The van der Waals surface area contributed by atoms with Crippen LogP contribution < -0.4 is 0 Å². The third kappa shape index (κ3) is 4.83. The first kappa shape index (κ1) is 18.4. The van der Waals surface area contributed by atoms with Crippen LogP contribution in [-0.2, 0) is 4.79 Å². The molecule has 1 atom stereocenters. The zero-order valence-corrected chi connectivity index (χ0v) is 15.9. The Morgan fingerprint density at radius 3 is 2.28 bits per heavy atom. The topological polar surface area (TPSA) is 26.8 Å². The van der Waals surface area contributed by atoms with Crippen LogP contribution in [0.15, 0.2) is 30.3 Å². The van der Waals surface area contributed by atoms with E-state index in [1.165, 1.54) is 32.7 Å². The Bertz CT molecular complexity index is 531. The summed E-state index contributed by atoms with van der Waals surface area (Å²) in [4.78, 5) is 20.1. The highest BCUT2D eigenvalue weighted by atomic mass is 16.2. The summed E-state index contributed by atoms with van der Waals surface area (Å²) in [7, 11) is 2.21. The molecule has 0 spiro atoms. The Balaban J connectivity index is 1.49. The van der Waals surface area contributed by atoms with Crippen LogP contribution in [0.25, 0.3) is 0 Å². The molecule has 0 radical (unpaired) electrons. The van der Waals surface area contributed by atoms with Gasteiger partial charge in [-0.1, -0.05) is 37.3 Å². The zero-order chi connectivity index (χ0) is 17.6. The van der Waals surface area contributed by atoms with Gasteiger partial charge in [-0.15, -0.1) is 0 Å². The molecule has 0 saturated carbocycles. The minimum atomic E-state index is 0.0235. The molecule has 0 aliphatic carbocycles. The number of likely N-dealkylation sites (tertiary alicyclic amines) is 1. The molecule has 2 heterocycles. The number of likely N-dealkylation sites (N-methyl/N-ethyl adjacent to an activating group) is 1. The third-order valence-electron chi connectivity index (χ3n) is 5.95. The molecular formula is C21H33N3O. The molecule has 0 N–H and O–H groups in total. The van der Waals surface area contributed by atoms with Crippen molar-refractivity contribution in [2.45, 2.75) is 32.1 Å². The van der Waals surface area contributed by atoms with Crippen LogP contribution in [0.1, 0.15) is 37.7 Å². The van der Waals surface area contributed by atoms with Crippen LogP contribution in [0.4, 0.5) is 0 Å². The molecule has 1 aromatic rings. The van der Waals surface area contributed by atoms with Gasteiger partial charge in [0.1, 0.15) is 0 Å². The van der Waals surface area contributed by atoms with Crippen molar-refractivity contribution in [3.8, 4) is 0 Å². The van der Waals surface area contributed by atoms with E-state index in [9.17, 15) is 4.79 Å². The van der Waals surface area contributed by atoms with Gasteiger partial charge in [0, 0.05) is 45.8 Å². The predicted octanol–water partition coefficient (Wildman–Crippen LogP) is 2.67. The summed E-state index contributed by atoms with van der Waals surface area (Å²) in [5.41, 5.74) is 1.16. The molecule has 0 aromatic heterocycles. The average Bonchev–Trinajstić information content (AvgIpc) is 2.66. The summed E-state index contributed by atoms with van der Waals surface area (Å²) in [6.07, 6.45) is 3.19. The number of rotatable bonds is 5. The zero-order valence-electron chi connectivity index (χ0n) is 15.9. The van der Waals surface area contributed by atoms with Crippen LogP contribution >= 0.6 is 0 Å². The van der Waals surface area contributed by atoms with Gasteiger partial charge < -0.3 is 14.7 Å². The number of amides is 1. The molecule has 2 aliphatic rings. The number of hydrogen-bond donors (Lipinski definition) is 0. The first-order valence-corrected chi connectivity index (χ1v) is 9.92. The first-order chi connectivity index (χ1) is 12.2. The highest BCUT2D eigenvalue weighted by Crippen LogP contribution is 2.26. The summed E-state index contributed by atoms with van der Waals surface area (Å²) in [6, 6.07) is 10.3. The fraction of sp³-hybridized carbons (Fsp3) is 0.667. The van der Waals surface area contributed by atoms with Gasteiger partial charge >= 0.3 is 0 Å². The molecule has 138 valence electrons. The van der Waals surface area contributed by atoms with Crippen LogP contribution in [-0.4, -0.2) is 73.5 Å². The lowest BCUT2D eigenvalue weighted by Gasteiger charge is -2.38. The second-order valence-corrected chi connectivity index (χ2v) is 7.74. The fourth-order valence-corrected chi connectivity index (χ4v) is 4.19. The van der Waals surface area contributed by atoms with Crippen LogP contribution in [0.5, 0.6) is 0 Å². The summed E-state index contributed by atoms with van der Waals surface area (Å²) in [5, 5.41) is 0.